The molecule has 1 aliphatic heterocycles. The van der Waals surface area contributed by atoms with Crippen LogP contribution in [0.4, 0.5) is 29.7 Å². The molecule has 2 fully saturated rings. The predicted molar refractivity (Wildman–Crippen MR) is 165 cm³/mol. The zero-order valence-corrected chi connectivity index (χ0v) is 26.5. The Morgan fingerprint density at radius 2 is 1.73 bits per heavy atom. The highest BCUT2D eigenvalue weighted by Gasteiger charge is 2.36. The number of carbonyl (C=O) groups is 1. The third-order valence-electron chi connectivity index (χ3n) is 8.13. The lowest BCUT2D eigenvalue weighted by Gasteiger charge is -2.29. The van der Waals surface area contributed by atoms with E-state index in [0.717, 1.165) is 43.1 Å². The monoisotopic (exact) mass is 687 g/mol. The summed E-state index contributed by atoms with van der Waals surface area (Å²) in [5, 5.41) is 10.1. The number of hydrogen-bond donors (Lipinski definition) is 2. The number of pyridine rings is 1. The van der Waals surface area contributed by atoms with Gasteiger partial charge in [0.05, 0.1) is 40.9 Å². The van der Waals surface area contributed by atoms with Crippen molar-refractivity contribution in [2.75, 3.05) is 30.1 Å². The molecular weight excluding hydrogens is 655 g/mol. The third-order valence-corrected chi connectivity index (χ3v) is 9.21. The van der Waals surface area contributed by atoms with Crippen molar-refractivity contribution in [2.45, 2.75) is 67.8 Å². The molecule has 0 aromatic carbocycles. The van der Waals surface area contributed by atoms with Crippen LogP contribution in [0, 0.1) is 0 Å². The number of anilines is 2. The van der Waals surface area contributed by atoms with Crippen molar-refractivity contribution in [1.29, 1.82) is 0 Å². The molecule has 0 radical (unpaired) electrons. The maximum absolute atomic E-state index is 13.8. The molecule has 1 amide bonds. The van der Waals surface area contributed by atoms with Gasteiger partial charge in [-0.25, -0.2) is 28.2 Å². The molecule has 0 atom stereocenters. The number of alkyl halides is 3. The Kier molecular flexibility index (Phi) is 9.54. The van der Waals surface area contributed by atoms with Crippen LogP contribution in [0.1, 0.15) is 50.1 Å². The summed E-state index contributed by atoms with van der Waals surface area (Å²) in [5.41, 5.74) is -0.303. The number of halogens is 3. The highest BCUT2D eigenvalue weighted by Crippen LogP contribution is 2.37. The molecule has 18 heteroatoms. The van der Waals surface area contributed by atoms with Crippen LogP contribution >= 0.6 is 0 Å². The molecule has 2 aliphatic rings. The third kappa shape index (κ3) is 8.04. The predicted octanol–water partition coefficient (Wildman–Crippen LogP) is 4.94. The number of amides is 1. The average Bonchev–Trinajstić information content (AvgIpc) is 3.56. The van der Waals surface area contributed by atoms with Crippen LogP contribution in [0.3, 0.4) is 0 Å². The fraction of sp³-hybridized carbons (Fsp3) is 0.433. The second kappa shape index (κ2) is 13.8. The van der Waals surface area contributed by atoms with Crippen molar-refractivity contribution in [3.05, 3.63) is 55.0 Å². The molecule has 0 bridgehead atoms. The maximum Gasteiger partial charge on any atom is 0.419 e. The lowest BCUT2D eigenvalue weighted by atomic mass is 9.93. The van der Waals surface area contributed by atoms with E-state index in [1.807, 2.05) is 10.9 Å². The van der Waals surface area contributed by atoms with Gasteiger partial charge < -0.3 is 14.8 Å². The maximum atomic E-state index is 13.8. The molecule has 254 valence electrons. The number of aromatic nitrogens is 7. The molecule has 0 spiro atoms. The van der Waals surface area contributed by atoms with Crippen molar-refractivity contribution < 1.29 is 35.9 Å². The van der Waals surface area contributed by atoms with Gasteiger partial charge in [-0.05, 0) is 44.6 Å². The van der Waals surface area contributed by atoms with Gasteiger partial charge in [0.2, 0.25) is 5.95 Å². The first-order valence-corrected chi connectivity index (χ1v) is 17.1. The first-order chi connectivity index (χ1) is 22.9. The fourth-order valence-corrected chi connectivity index (χ4v) is 6.18. The van der Waals surface area contributed by atoms with E-state index in [4.69, 9.17) is 9.47 Å². The summed E-state index contributed by atoms with van der Waals surface area (Å²) < 4.78 is 78.2. The number of rotatable bonds is 8. The van der Waals surface area contributed by atoms with E-state index in [1.54, 1.807) is 12.4 Å². The van der Waals surface area contributed by atoms with Crippen LogP contribution in [0.15, 0.2) is 54.3 Å². The zero-order valence-electron chi connectivity index (χ0n) is 25.7. The molecule has 1 saturated carbocycles. The standard InChI is InChI=1S/C30H32F3N9O5S/c1-48(44,45)23-10-18(11-34-13-23)27-24(30(31,32)33)14-37-28(41-27)39-20-2-4-22(5-3-20)47-29(43)40-26-16-35-25(15-36-26)19-12-38-42(17-19)21-6-8-46-9-7-21/h10-17,20-22H,2-9H2,1H3,(H,36,40,43)(H,37,39,41)/t20-,22-. The lowest BCUT2D eigenvalue weighted by Crippen LogP contribution is -2.32. The Hall–Kier alpha value is -4.71. The van der Waals surface area contributed by atoms with Crippen LogP contribution in [-0.4, -0.2) is 80.8 Å². The lowest BCUT2D eigenvalue weighted by molar-refractivity contribution is -0.137. The highest BCUT2D eigenvalue weighted by molar-refractivity contribution is 7.90. The summed E-state index contributed by atoms with van der Waals surface area (Å²) in [6.07, 6.45) is 8.38. The first-order valence-electron chi connectivity index (χ1n) is 15.2. The summed E-state index contributed by atoms with van der Waals surface area (Å²) in [4.78, 5) is 32.8. The number of carbonyl (C=O) groups excluding carboxylic acids is 1. The van der Waals surface area contributed by atoms with Gasteiger partial charge in [0.15, 0.2) is 15.7 Å². The summed E-state index contributed by atoms with van der Waals surface area (Å²) in [5.74, 6) is 0.172. The van der Waals surface area contributed by atoms with Crippen molar-refractivity contribution in [3.63, 3.8) is 0 Å². The van der Waals surface area contributed by atoms with Crippen molar-refractivity contribution in [3.8, 4) is 22.5 Å². The summed E-state index contributed by atoms with van der Waals surface area (Å²) in [6.45, 7) is 1.41. The van der Waals surface area contributed by atoms with E-state index in [0.29, 0.717) is 50.8 Å². The SMILES string of the molecule is CS(=O)(=O)c1cncc(-c2nc(N[C@H]3CC[C@H](OC(=O)Nc4cnc(-c5cnn(C6CCOCC6)c5)cn4)CC3)ncc2C(F)(F)F)c1. The van der Waals surface area contributed by atoms with E-state index < -0.39 is 33.4 Å². The Morgan fingerprint density at radius 1 is 0.958 bits per heavy atom. The summed E-state index contributed by atoms with van der Waals surface area (Å²) in [6, 6.07) is 1.18. The molecule has 2 N–H and O–H groups in total. The molecule has 1 saturated heterocycles. The average molecular weight is 688 g/mol. The van der Waals surface area contributed by atoms with Gasteiger partial charge in [0, 0.05) is 61.4 Å². The van der Waals surface area contributed by atoms with E-state index >= 15 is 0 Å². The number of sulfone groups is 1. The van der Waals surface area contributed by atoms with Crippen LogP contribution in [0.2, 0.25) is 0 Å². The van der Waals surface area contributed by atoms with Gasteiger partial charge >= 0.3 is 12.3 Å². The van der Waals surface area contributed by atoms with Crippen molar-refractivity contribution in [2.24, 2.45) is 0 Å². The molecule has 14 nitrogen and oxygen atoms in total. The minimum absolute atomic E-state index is 0.0529. The Balaban J connectivity index is 1.02. The zero-order chi connectivity index (χ0) is 33.9. The Labute approximate surface area is 273 Å². The van der Waals surface area contributed by atoms with Crippen molar-refractivity contribution in [1.82, 2.24) is 34.7 Å². The largest absolute Gasteiger partial charge is 0.446 e. The number of hydrogen-bond acceptors (Lipinski definition) is 12. The van der Waals surface area contributed by atoms with E-state index in [1.165, 1.54) is 6.20 Å². The number of ether oxygens (including phenoxy) is 2. The highest BCUT2D eigenvalue weighted by atomic mass is 32.2. The van der Waals surface area contributed by atoms with Gasteiger partial charge in [-0.3, -0.25) is 20.0 Å². The van der Waals surface area contributed by atoms with Crippen LogP contribution in [0.5, 0.6) is 0 Å². The van der Waals surface area contributed by atoms with E-state index in [2.05, 4.69) is 40.7 Å². The number of nitrogens with one attached hydrogen (secondary N) is 2. The van der Waals surface area contributed by atoms with Gasteiger partial charge in [0.25, 0.3) is 0 Å². The first kappa shape index (κ1) is 33.2. The smallest absolute Gasteiger partial charge is 0.419 e. The molecule has 5 heterocycles. The van der Waals surface area contributed by atoms with Crippen LogP contribution in [-0.2, 0) is 25.5 Å². The second-order valence-electron chi connectivity index (χ2n) is 11.6. The Bertz CT molecular complexity index is 1860. The van der Waals surface area contributed by atoms with Gasteiger partial charge in [-0.1, -0.05) is 0 Å². The molecule has 4 aromatic heterocycles. The van der Waals surface area contributed by atoms with E-state index in [9.17, 15) is 26.4 Å². The van der Waals surface area contributed by atoms with Crippen molar-refractivity contribution >= 4 is 27.7 Å². The summed E-state index contributed by atoms with van der Waals surface area (Å²) in [7, 11) is -3.72. The molecule has 0 unspecified atom stereocenters. The van der Waals surface area contributed by atoms with Crippen LogP contribution in [0.25, 0.3) is 22.5 Å². The minimum atomic E-state index is -4.78. The summed E-state index contributed by atoms with van der Waals surface area (Å²) >= 11 is 0. The minimum Gasteiger partial charge on any atom is -0.446 e. The quantitative estimate of drug-likeness (QED) is 0.256. The van der Waals surface area contributed by atoms with E-state index in [-0.39, 0.29) is 40.4 Å². The topological polar surface area (TPSA) is 176 Å². The molecular formula is C30H32F3N9O5S. The molecule has 6 rings (SSSR count). The molecule has 1 aliphatic carbocycles. The normalized spacial score (nSPS) is 19.1. The van der Waals surface area contributed by atoms with Crippen LogP contribution < -0.4 is 10.6 Å². The fourth-order valence-electron chi connectivity index (χ4n) is 5.58. The second-order valence-corrected chi connectivity index (χ2v) is 13.6. The Morgan fingerprint density at radius 3 is 2.42 bits per heavy atom. The van der Waals surface area contributed by atoms with Gasteiger partial charge in [-0.2, -0.15) is 18.3 Å². The molecule has 48 heavy (non-hydrogen) atoms. The molecule has 4 aromatic rings. The van der Waals surface area contributed by atoms with Gasteiger partial charge in [-0.15, -0.1) is 0 Å². The number of nitrogens with zero attached hydrogens (tertiary/aromatic N) is 7. The van der Waals surface area contributed by atoms with Gasteiger partial charge in [0.1, 0.15) is 11.7 Å².